The lowest BCUT2D eigenvalue weighted by molar-refractivity contribution is 0.255. The van der Waals surface area contributed by atoms with Crippen LogP contribution < -0.4 is 0 Å². The van der Waals surface area contributed by atoms with Crippen LogP contribution in [-0.4, -0.2) is 16.9 Å². The van der Waals surface area contributed by atoms with Crippen LogP contribution in [0.3, 0.4) is 0 Å². The molecule has 0 spiro atoms. The summed E-state index contributed by atoms with van der Waals surface area (Å²) in [5, 5.41) is 1.14. The molecule has 0 amide bonds. The number of thiazole rings is 1. The number of hydrogen-bond acceptors (Lipinski definition) is 4. The number of nitrogens with zero attached hydrogens (tertiary/aromatic N) is 2. The molecule has 110 valence electrons. The first-order valence-corrected chi connectivity index (χ1v) is 8.79. The van der Waals surface area contributed by atoms with Gasteiger partial charge in [0.05, 0.1) is 15.2 Å². The highest BCUT2D eigenvalue weighted by molar-refractivity contribution is 7.18. The van der Waals surface area contributed by atoms with Crippen molar-refractivity contribution in [2.45, 2.75) is 33.4 Å². The molecule has 0 radical (unpaired) electrons. The Balaban J connectivity index is 1.79. The van der Waals surface area contributed by atoms with E-state index >= 15 is 0 Å². The van der Waals surface area contributed by atoms with Gasteiger partial charge in [0.25, 0.3) is 0 Å². The Morgan fingerprint density at radius 3 is 2.67 bits per heavy atom. The lowest BCUT2D eigenvalue weighted by Gasteiger charge is -2.24. The van der Waals surface area contributed by atoms with E-state index in [0.29, 0.717) is 6.04 Å². The number of aryl methyl sites for hydroxylation is 2. The summed E-state index contributed by atoms with van der Waals surface area (Å²) in [5.74, 6) is 0. The molecule has 2 nitrogen and oxygen atoms in total. The monoisotopic (exact) mass is 316 g/mol. The van der Waals surface area contributed by atoms with E-state index in [9.17, 15) is 0 Å². The van der Waals surface area contributed by atoms with Crippen LogP contribution in [0.5, 0.6) is 0 Å². The Bertz CT molecular complexity index is 757. The first-order chi connectivity index (χ1) is 10.0. The SMILES string of the molecule is Cc1ccc(CN(C)C(C)c2ccc3nc(C)sc3c2)s1. The largest absolute Gasteiger partial charge is 0.295 e. The van der Waals surface area contributed by atoms with Gasteiger partial charge in [-0.3, -0.25) is 4.90 Å². The molecule has 3 rings (SSSR count). The van der Waals surface area contributed by atoms with Crippen LogP contribution >= 0.6 is 22.7 Å². The van der Waals surface area contributed by atoms with Gasteiger partial charge in [-0.25, -0.2) is 4.98 Å². The van der Waals surface area contributed by atoms with E-state index in [1.807, 2.05) is 11.3 Å². The van der Waals surface area contributed by atoms with E-state index in [2.05, 4.69) is 68.0 Å². The molecule has 2 heterocycles. The van der Waals surface area contributed by atoms with Gasteiger partial charge in [-0.1, -0.05) is 6.07 Å². The van der Waals surface area contributed by atoms with Crippen molar-refractivity contribution in [3.63, 3.8) is 0 Å². The van der Waals surface area contributed by atoms with Crippen LogP contribution in [0.4, 0.5) is 0 Å². The summed E-state index contributed by atoms with van der Waals surface area (Å²) in [6.07, 6.45) is 0. The standard InChI is InChI=1S/C17H20N2S2/c1-11-5-7-15(20-11)10-19(4)12(2)14-6-8-16-17(9-14)21-13(3)18-16/h5-9,12H,10H2,1-4H3. The molecular formula is C17H20N2S2. The maximum Gasteiger partial charge on any atom is 0.0907 e. The van der Waals surface area contributed by atoms with Crippen LogP contribution in [0.25, 0.3) is 10.2 Å². The maximum absolute atomic E-state index is 4.54. The van der Waals surface area contributed by atoms with E-state index in [4.69, 9.17) is 0 Å². The predicted molar refractivity (Wildman–Crippen MR) is 93.3 cm³/mol. The molecule has 0 N–H and O–H groups in total. The molecule has 0 saturated heterocycles. The van der Waals surface area contributed by atoms with Gasteiger partial charge < -0.3 is 0 Å². The van der Waals surface area contributed by atoms with Crippen molar-refractivity contribution in [1.82, 2.24) is 9.88 Å². The second-order valence-electron chi connectivity index (χ2n) is 5.56. The third kappa shape index (κ3) is 3.18. The van der Waals surface area contributed by atoms with Gasteiger partial charge in [0.15, 0.2) is 0 Å². The topological polar surface area (TPSA) is 16.1 Å². The minimum absolute atomic E-state index is 0.402. The number of aromatic nitrogens is 1. The van der Waals surface area contributed by atoms with E-state index < -0.39 is 0 Å². The summed E-state index contributed by atoms with van der Waals surface area (Å²) in [7, 11) is 2.20. The minimum atomic E-state index is 0.402. The quantitative estimate of drug-likeness (QED) is 0.660. The molecule has 0 aliphatic rings. The second-order valence-corrected chi connectivity index (χ2v) is 8.17. The number of thiophene rings is 1. The van der Waals surface area contributed by atoms with Crippen molar-refractivity contribution in [3.8, 4) is 0 Å². The number of benzene rings is 1. The Labute approximate surface area is 134 Å². The van der Waals surface area contributed by atoms with Gasteiger partial charge >= 0.3 is 0 Å². The molecule has 0 saturated carbocycles. The third-order valence-electron chi connectivity index (χ3n) is 3.86. The lowest BCUT2D eigenvalue weighted by atomic mass is 10.1. The molecule has 2 aromatic heterocycles. The molecule has 0 aliphatic carbocycles. The molecule has 3 aromatic rings. The van der Waals surface area contributed by atoms with Crippen molar-refractivity contribution in [2.24, 2.45) is 0 Å². The fourth-order valence-electron chi connectivity index (χ4n) is 2.52. The summed E-state index contributed by atoms with van der Waals surface area (Å²) in [4.78, 5) is 9.75. The van der Waals surface area contributed by atoms with Crippen LogP contribution in [-0.2, 0) is 6.54 Å². The smallest absolute Gasteiger partial charge is 0.0907 e. The zero-order valence-corrected chi connectivity index (χ0v) is 14.5. The molecule has 0 aliphatic heterocycles. The Morgan fingerprint density at radius 2 is 1.95 bits per heavy atom. The third-order valence-corrected chi connectivity index (χ3v) is 5.78. The van der Waals surface area contributed by atoms with Crippen molar-refractivity contribution in [3.05, 3.63) is 50.7 Å². The maximum atomic E-state index is 4.54. The van der Waals surface area contributed by atoms with Gasteiger partial charge in [0, 0.05) is 22.3 Å². The Kier molecular flexibility index (Phi) is 4.11. The first-order valence-electron chi connectivity index (χ1n) is 7.15. The highest BCUT2D eigenvalue weighted by atomic mass is 32.1. The molecular weight excluding hydrogens is 296 g/mol. The molecule has 1 atom stereocenters. The lowest BCUT2D eigenvalue weighted by Crippen LogP contribution is -2.21. The van der Waals surface area contributed by atoms with Crippen molar-refractivity contribution in [2.75, 3.05) is 7.05 Å². The van der Waals surface area contributed by atoms with Gasteiger partial charge in [-0.05, 0) is 57.6 Å². The molecule has 0 bridgehead atoms. The summed E-state index contributed by atoms with van der Waals surface area (Å²) in [6, 6.07) is 11.5. The highest BCUT2D eigenvalue weighted by Gasteiger charge is 2.14. The molecule has 1 unspecified atom stereocenters. The predicted octanol–water partition coefficient (Wildman–Crippen LogP) is 5.17. The first kappa shape index (κ1) is 14.7. The fourth-order valence-corrected chi connectivity index (χ4v) is 4.35. The van der Waals surface area contributed by atoms with Crippen LogP contribution in [0.1, 0.15) is 33.3 Å². The van der Waals surface area contributed by atoms with Crippen LogP contribution in [0, 0.1) is 13.8 Å². The van der Waals surface area contributed by atoms with E-state index in [1.165, 1.54) is 20.0 Å². The second kappa shape index (κ2) is 5.87. The normalized spacial score (nSPS) is 13.2. The van der Waals surface area contributed by atoms with Gasteiger partial charge in [0.2, 0.25) is 0 Å². The zero-order chi connectivity index (χ0) is 15.0. The highest BCUT2D eigenvalue weighted by Crippen LogP contribution is 2.28. The number of fused-ring (bicyclic) bond motifs is 1. The summed E-state index contributed by atoms with van der Waals surface area (Å²) >= 11 is 3.66. The van der Waals surface area contributed by atoms with Crippen LogP contribution in [0.15, 0.2) is 30.3 Å². The van der Waals surface area contributed by atoms with E-state index in [0.717, 1.165) is 17.1 Å². The number of hydrogen-bond donors (Lipinski definition) is 0. The van der Waals surface area contributed by atoms with Crippen molar-refractivity contribution in [1.29, 1.82) is 0 Å². The molecule has 0 fully saturated rings. The van der Waals surface area contributed by atoms with E-state index in [1.54, 1.807) is 11.3 Å². The van der Waals surface area contributed by atoms with Gasteiger partial charge in [0.1, 0.15) is 0 Å². The summed E-state index contributed by atoms with van der Waals surface area (Å²) < 4.78 is 1.29. The molecule has 1 aromatic carbocycles. The van der Waals surface area contributed by atoms with Crippen molar-refractivity contribution < 1.29 is 0 Å². The minimum Gasteiger partial charge on any atom is -0.295 e. The Hall–Kier alpha value is -1.23. The summed E-state index contributed by atoms with van der Waals surface area (Å²) in [6.45, 7) is 7.51. The average Bonchev–Trinajstić information content (AvgIpc) is 3.01. The average molecular weight is 316 g/mol. The number of rotatable bonds is 4. The Morgan fingerprint density at radius 1 is 1.14 bits per heavy atom. The van der Waals surface area contributed by atoms with Crippen LogP contribution in [0.2, 0.25) is 0 Å². The summed E-state index contributed by atoms with van der Waals surface area (Å²) in [5.41, 5.74) is 2.48. The van der Waals surface area contributed by atoms with Gasteiger partial charge in [-0.15, -0.1) is 22.7 Å². The molecule has 21 heavy (non-hydrogen) atoms. The fraction of sp³-hybridized carbons (Fsp3) is 0.353. The van der Waals surface area contributed by atoms with E-state index in [-0.39, 0.29) is 0 Å². The zero-order valence-electron chi connectivity index (χ0n) is 12.9. The van der Waals surface area contributed by atoms with Gasteiger partial charge in [-0.2, -0.15) is 0 Å². The van der Waals surface area contributed by atoms with Crippen molar-refractivity contribution >= 4 is 32.9 Å². The molecule has 4 heteroatoms.